The lowest BCUT2D eigenvalue weighted by Gasteiger charge is -2.32. The number of hydrogen-bond acceptors (Lipinski definition) is 2. The molecule has 0 aliphatic heterocycles. The van der Waals surface area contributed by atoms with Crippen molar-refractivity contribution in [3.63, 3.8) is 0 Å². The van der Waals surface area contributed by atoms with Gasteiger partial charge in [0.05, 0.1) is 0 Å². The van der Waals surface area contributed by atoms with Crippen LogP contribution in [0.2, 0.25) is 0 Å². The summed E-state index contributed by atoms with van der Waals surface area (Å²) >= 11 is 0. The Morgan fingerprint density at radius 3 is 1.87 bits per heavy atom. The van der Waals surface area contributed by atoms with E-state index >= 15 is 0 Å². The molecule has 1 atom stereocenters. The Balaban J connectivity index is 4.91. The fourth-order valence-electron chi connectivity index (χ4n) is 1.94. The zero-order valence-corrected chi connectivity index (χ0v) is 9.99. The summed E-state index contributed by atoms with van der Waals surface area (Å²) < 4.78 is 0. The Hall–Kier alpha value is -1.06. The molecule has 4 nitrogen and oxygen atoms in total. The fraction of sp³-hybridized carbons (Fsp3) is 0.818. The summed E-state index contributed by atoms with van der Waals surface area (Å²) in [5.74, 6) is -1.04. The number of likely N-dealkylation sites (N-methyl/N-ethyl adjacent to an activating group) is 1. The van der Waals surface area contributed by atoms with E-state index in [-0.39, 0.29) is 11.8 Å². The number of rotatable bonds is 6. The van der Waals surface area contributed by atoms with Crippen LogP contribution in [0.15, 0.2) is 0 Å². The predicted molar refractivity (Wildman–Crippen MR) is 58.6 cm³/mol. The van der Waals surface area contributed by atoms with Crippen LogP contribution in [0.25, 0.3) is 0 Å². The average molecular weight is 215 g/mol. The molecular weight excluding hydrogens is 194 g/mol. The van der Waals surface area contributed by atoms with Crippen LogP contribution in [0, 0.1) is 5.92 Å². The summed E-state index contributed by atoms with van der Waals surface area (Å²) in [5.41, 5.74) is 0. The molecule has 0 spiro atoms. The minimum Gasteiger partial charge on any atom is -0.480 e. The van der Waals surface area contributed by atoms with Crippen molar-refractivity contribution in [1.29, 1.82) is 0 Å². The van der Waals surface area contributed by atoms with Gasteiger partial charge in [0.15, 0.2) is 0 Å². The van der Waals surface area contributed by atoms with Crippen LogP contribution in [0.5, 0.6) is 0 Å². The molecule has 15 heavy (non-hydrogen) atoms. The highest BCUT2D eigenvalue weighted by Gasteiger charge is 2.32. The highest BCUT2D eigenvalue weighted by atomic mass is 16.4. The molecule has 1 amide bonds. The Labute approximate surface area is 91.3 Å². The number of carboxylic acids is 1. The van der Waals surface area contributed by atoms with Gasteiger partial charge in [-0.25, -0.2) is 4.79 Å². The molecule has 0 aromatic carbocycles. The van der Waals surface area contributed by atoms with Crippen molar-refractivity contribution in [2.45, 2.75) is 46.6 Å². The van der Waals surface area contributed by atoms with Crippen molar-refractivity contribution in [2.24, 2.45) is 5.92 Å². The van der Waals surface area contributed by atoms with Gasteiger partial charge in [0.25, 0.3) is 0 Å². The third kappa shape index (κ3) is 3.53. The number of carbonyl (C=O) groups excluding carboxylic acids is 1. The van der Waals surface area contributed by atoms with Crippen molar-refractivity contribution in [3.8, 4) is 0 Å². The quantitative estimate of drug-likeness (QED) is 0.734. The van der Waals surface area contributed by atoms with Gasteiger partial charge in [-0.3, -0.25) is 4.79 Å². The van der Waals surface area contributed by atoms with Gasteiger partial charge < -0.3 is 10.0 Å². The topological polar surface area (TPSA) is 57.6 Å². The van der Waals surface area contributed by atoms with Gasteiger partial charge >= 0.3 is 5.97 Å². The molecular formula is C11H21NO3. The van der Waals surface area contributed by atoms with E-state index in [4.69, 9.17) is 5.11 Å². The first-order valence-electron chi connectivity index (χ1n) is 5.49. The molecule has 0 fully saturated rings. The van der Waals surface area contributed by atoms with Crippen molar-refractivity contribution in [3.05, 3.63) is 0 Å². The monoisotopic (exact) mass is 215 g/mol. The number of carbonyl (C=O) groups is 2. The van der Waals surface area contributed by atoms with Crippen LogP contribution in [-0.4, -0.2) is 34.5 Å². The lowest BCUT2D eigenvalue weighted by molar-refractivity contribution is -0.152. The van der Waals surface area contributed by atoms with Crippen LogP contribution in [0.1, 0.15) is 40.5 Å². The highest BCUT2D eigenvalue weighted by molar-refractivity contribution is 5.82. The zero-order chi connectivity index (χ0) is 12.0. The van der Waals surface area contributed by atoms with Gasteiger partial charge in [-0.05, 0) is 12.8 Å². The zero-order valence-electron chi connectivity index (χ0n) is 9.99. The van der Waals surface area contributed by atoms with Crippen molar-refractivity contribution < 1.29 is 14.7 Å². The Morgan fingerprint density at radius 1 is 1.20 bits per heavy atom. The summed E-state index contributed by atoms with van der Waals surface area (Å²) in [6.45, 7) is 7.58. The Morgan fingerprint density at radius 2 is 1.67 bits per heavy atom. The summed E-state index contributed by atoms with van der Waals surface area (Å²) in [7, 11) is 0. The van der Waals surface area contributed by atoms with E-state index in [0.29, 0.717) is 6.54 Å². The Bertz CT molecular complexity index is 224. The van der Waals surface area contributed by atoms with Crippen molar-refractivity contribution >= 4 is 11.9 Å². The van der Waals surface area contributed by atoms with E-state index < -0.39 is 12.0 Å². The molecule has 0 radical (unpaired) electrons. The molecule has 1 N–H and O–H groups in total. The van der Waals surface area contributed by atoms with E-state index in [0.717, 1.165) is 12.8 Å². The van der Waals surface area contributed by atoms with Crippen LogP contribution < -0.4 is 0 Å². The van der Waals surface area contributed by atoms with Crippen molar-refractivity contribution in [1.82, 2.24) is 4.90 Å². The number of nitrogens with zero attached hydrogens (tertiary/aromatic N) is 1. The molecule has 0 bridgehead atoms. The molecule has 1 unspecified atom stereocenters. The smallest absolute Gasteiger partial charge is 0.326 e. The van der Waals surface area contributed by atoms with Gasteiger partial charge in [0.2, 0.25) is 5.91 Å². The molecule has 0 aliphatic rings. The van der Waals surface area contributed by atoms with Crippen LogP contribution in [0.4, 0.5) is 0 Å². The molecule has 4 heteroatoms. The first kappa shape index (κ1) is 13.9. The lowest BCUT2D eigenvalue weighted by atomic mass is 9.93. The first-order chi connectivity index (χ1) is 6.99. The molecule has 0 saturated heterocycles. The molecule has 0 rings (SSSR count). The second kappa shape index (κ2) is 6.43. The third-order valence-electron chi connectivity index (χ3n) is 2.83. The summed E-state index contributed by atoms with van der Waals surface area (Å²) in [6.07, 6.45) is 1.55. The van der Waals surface area contributed by atoms with Gasteiger partial charge in [-0.1, -0.05) is 26.7 Å². The first-order valence-corrected chi connectivity index (χ1v) is 5.49. The number of aliphatic carboxylic acids is 1. The lowest BCUT2D eigenvalue weighted by Crippen LogP contribution is -2.48. The van der Waals surface area contributed by atoms with Gasteiger partial charge in [-0.15, -0.1) is 0 Å². The maximum atomic E-state index is 11.3. The second-order valence-electron chi connectivity index (χ2n) is 3.66. The number of amides is 1. The van der Waals surface area contributed by atoms with E-state index in [1.165, 1.54) is 11.8 Å². The standard InChI is InChI=1S/C11H21NO3/c1-5-9(6-2)10(11(14)15)12(7-3)8(4)13/h9-10H,5-7H2,1-4H3,(H,14,15). The van der Waals surface area contributed by atoms with Gasteiger partial charge in [0.1, 0.15) is 6.04 Å². The van der Waals surface area contributed by atoms with E-state index in [2.05, 4.69) is 0 Å². The van der Waals surface area contributed by atoms with Crippen LogP contribution in [0.3, 0.4) is 0 Å². The van der Waals surface area contributed by atoms with Crippen LogP contribution in [-0.2, 0) is 9.59 Å². The summed E-state index contributed by atoms with van der Waals surface area (Å²) in [6, 6.07) is -0.678. The van der Waals surface area contributed by atoms with E-state index in [1.807, 2.05) is 13.8 Å². The molecule has 0 heterocycles. The molecule has 88 valence electrons. The maximum absolute atomic E-state index is 11.3. The van der Waals surface area contributed by atoms with Crippen LogP contribution >= 0.6 is 0 Å². The number of hydrogen-bond donors (Lipinski definition) is 1. The molecule has 0 aromatic rings. The fourth-order valence-corrected chi connectivity index (χ4v) is 1.94. The Kier molecular flexibility index (Phi) is 5.97. The molecule has 0 aromatic heterocycles. The highest BCUT2D eigenvalue weighted by Crippen LogP contribution is 2.19. The minimum atomic E-state index is -0.902. The van der Waals surface area contributed by atoms with E-state index in [1.54, 1.807) is 6.92 Å². The normalized spacial score (nSPS) is 12.6. The largest absolute Gasteiger partial charge is 0.480 e. The predicted octanol–water partition coefficient (Wildman–Crippen LogP) is 1.74. The van der Waals surface area contributed by atoms with Gasteiger partial charge in [-0.2, -0.15) is 0 Å². The SMILES string of the molecule is CCC(CC)C(C(=O)O)N(CC)C(C)=O. The molecule has 0 saturated carbocycles. The average Bonchev–Trinajstić information content (AvgIpc) is 2.17. The molecule has 0 aliphatic carbocycles. The van der Waals surface area contributed by atoms with E-state index in [9.17, 15) is 9.59 Å². The maximum Gasteiger partial charge on any atom is 0.326 e. The summed E-state index contributed by atoms with van der Waals surface area (Å²) in [4.78, 5) is 23.9. The van der Waals surface area contributed by atoms with Gasteiger partial charge in [0, 0.05) is 13.5 Å². The second-order valence-corrected chi connectivity index (χ2v) is 3.66. The van der Waals surface area contributed by atoms with Crippen molar-refractivity contribution in [2.75, 3.05) is 6.54 Å². The summed E-state index contributed by atoms with van der Waals surface area (Å²) in [5, 5.41) is 9.16. The third-order valence-corrected chi connectivity index (χ3v) is 2.83. The number of carboxylic acid groups (broad SMARTS) is 1. The minimum absolute atomic E-state index is 0.0337.